The summed E-state index contributed by atoms with van der Waals surface area (Å²) in [6.45, 7) is 7.91. The van der Waals surface area contributed by atoms with E-state index < -0.39 is 0 Å². The zero-order valence-electron chi connectivity index (χ0n) is 14.2. The SMILES string of the molecule is CCC[C@H]1c2cccn2CCN1C(=O)Nc1cccc(C)c1C. The molecule has 2 amide bonds. The zero-order chi connectivity index (χ0) is 16.4. The van der Waals surface area contributed by atoms with Gasteiger partial charge in [0.25, 0.3) is 0 Å². The largest absolute Gasteiger partial charge is 0.348 e. The van der Waals surface area contributed by atoms with E-state index in [2.05, 4.69) is 55.1 Å². The van der Waals surface area contributed by atoms with E-state index >= 15 is 0 Å². The average molecular weight is 311 g/mol. The number of rotatable bonds is 3. The van der Waals surface area contributed by atoms with E-state index in [4.69, 9.17) is 0 Å². The molecule has 4 heteroatoms. The van der Waals surface area contributed by atoms with E-state index in [-0.39, 0.29) is 12.1 Å². The van der Waals surface area contributed by atoms with Crippen LogP contribution in [0, 0.1) is 13.8 Å². The van der Waals surface area contributed by atoms with Crippen LogP contribution in [0.25, 0.3) is 0 Å². The van der Waals surface area contributed by atoms with Crippen molar-refractivity contribution in [3.63, 3.8) is 0 Å². The van der Waals surface area contributed by atoms with Gasteiger partial charge in [-0.1, -0.05) is 25.5 Å². The molecule has 0 aliphatic carbocycles. The number of amides is 2. The molecule has 1 N–H and O–H groups in total. The molecule has 0 bridgehead atoms. The highest BCUT2D eigenvalue weighted by molar-refractivity contribution is 5.90. The number of urea groups is 1. The van der Waals surface area contributed by atoms with Crippen molar-refractivity contribution in [2.45, 2.75) is 46.2 Å². The summed E-state index contributed by atoms with van der Waals surface area (Å²) in [6, 6.07) is 10.4. The number of nitrogens with zero attached hydrogens (tertiary/aromatic N) is 2. The third-order valence-corrected chi connectivity index (χ3v) is 4.83. The Kier molecular flexibility index (Phi) is 4.42. The summed E-state index contributed by atoms with van der Waals surface area (Å²) in [5.41, 5.74) is 4.48. The van der Waals surface area contributed by atoms with Gasteiger partial charge >= 0.3 is 6.03 Å². The third kappa shape index (κ3) is 2.98. The number of carbonyl (C=O) groups is 1. The monoisotopic (exact) mass is 311 g/mol. The fourth-order valence-electron chi connectivity index (χ4n) is 3.36. The number of anilines is 1. The lowest BCUT2D eigenvalue weighted by Crippen LogP contribution is -2.44. The smallest absolute Gasteiger partial charge is 0.322 e. The summed E-state index contributed by atoms with van der Waals surface area (Å²) in [5.74, 6) is 0. The van der Waals surface area contributed by atoms with E-state index in [0.717, 1.165) is 37.2 Å². The Bertz CT molecular complexity index is 704. The Balaban J connectivity index is 1.82. The van der Waals surface area contributed by atoms with Crippen molar-refractivity contribution in [2.24, 2.45) is 0 Å². The Hall–Kier alpha value is -2.23. The van der Waals surface area contributed by atoms with Gasteiger partial charge in [-0.2, -0.15) is 0 Å². The maximum atomic E-state index is 12.9. The van der Waals surface area contributed by atoms with Gasteiger partial charge < -0.3 is 14.8 Å². The summed E-state index contributed by atoms with van der Waals surface area (Å²) >= 11 is 0. The maximum absolute atomic E-state index is 12.9. The van der Waals surface area contributed by atoms with Crippen LogP contribution < -0.4 is 5.32 Å². The number of aromatic nitrogens is 1. The fraction of sp³-hybridized carbons (Fsp3) is 0.421. The van der Waals surface area contributed by atoms with Crippen molar-refractivity contribution in [3.8, 4) is 0 Å². The highest BCUT2D eigenvalue weighted by Gasteiger charge is 2.30. The van der Waals surface area contributed by atoms with Crippen molar-refractivity contribution in [2.75, 3.05) is 11.9 Å². The predicted octanol–water partition coefficient (Wildman–Crippen LogP) is 4.49. The molecule has 122 valence electrons. The van der Waals surface area contributed by atoms with Crippen LogP contribution in [0.4, 0.5) is 10.5 Å². The number of benzene rings is 1. The van der Waals surface area contributed by atoms with Crippen LogP contribution in [0.1, 0.15) is 42.6 Å². The van der Waals surface area contributed by atoms with Crippen LogP contribution in [-0.2, 0) is 6.54 Å². The Morgan fingerprint density at radius 2 is 2.04 bits per heavy atom. The van der Waals surface area contributed by atoms with Gasteiger partial charge in [-0.05, 0) is 49.6 Å². The number of hydrogen-bond donors (Lipinski definition) is 1. The molecule has 0 unspecified atom stereocenters. The molecular weight excluding hydrogens is 286 g/mol. The molecule has 0 radical (unpaired) electrons. The quantitative estimate of drug-likeness (QED) is 0.890. The second-order valence-electron chi connectivity index (χ2n) is 6.30. The molecule has 4 nitrogen and oxygen atoms in total. The minimum absolute atomic E-state index is 0.00426. The van der Waals surface area contributed by atoms with Gasteiger partial charge in [-0.15, -0.1) is 0 Å². The molecule has 1 aromatic carbocycles. The average Bonchev–Trinajstić information content (AvgIpc) is 3.01. The first-order valence-electron chi connectivity index (χ1n) is 8.40. The molecule has 1 aliphatic heterocycles. The van der Waals surface area contributed by atoms with E-state index in [1.54, 1.807) is 0 Å². The summed E-state index contributed by atoms with van der Waals surface area (Å²) in [4.78, 5) is 14.8. The van der Waals surface area contributed by atoms with Gasteiger partial charge in [0, 0.05) is 30.7 Å². The lowest BCUT2D eigenvalue weighted by molar-refractivity contribution is 0.163. The van der Waals surface area contributed by atoms with Crippen LogP contribution in [0.5, 0.6) is 0 Å². The van der Waals surface area contributed by atoms with Crippen molar-refractivity contribution in [3.05, 3.63) is 53.3 Å². The first-order chi connectivity index (χ1) is 11.1. The van der Waals surface area contributed by atoms with Gasteiger partial charge in [0.1, 0.15) is 0 Å². The summed E-state index contributed by atoms with van der Waals surface area (Å²) < 4.78 is 2.27. The van der Waals surface area contributed by atoms with Crippen LogP contribution >= 0.6 is 0 Å². The van der Waals surface area contributed by atoms with Crippen LogP contribution in [0.2, 0.25) is 0 Å². The molecule has 0 saturated heterocycles. The van der Waals surface area contributed by atoms with Crippen molar-refractivity contribution >= 4 is 11.7 Å². The lowest BCUT2D eigenvalue weighted by Gasteiger charge is -2.37. The van der Waals surface area contributed by atoms with Crippen LogP contribution in [-0.4, -0.2) is 22.0 Å². The molecule has 3 rings (SSSR count). The molecule has 2 heterocycles. The number of carbonyl (C=O) groups excluding carboxylic acids is 1. The molecule has 2 aromatic rings. The molecule has 0 fully saturated rings. The van der Waals surface area contributed by atoms with E-state index in [0.29, 0.717) is 0 Å². The van der Waals surface area contributed by atoms with Gasteiger partial charge in [0.15, 0.2) is 0 Å². The number of fused-ring (bicyclic) bond motifs is 1. The number of nitrogens with one attached hydrogen (secondary N) is 1. The maximum Gasteiger partial charge on any atom is 0.322 e. The van der Waals surface area contributed by atoms with Crippen LogP contribution in [0.15, 0.2) is 36.5 Å². The van der Waals surface area contributed by atoms with Gasteiger partial charge in [-0.3, -0.25) is 0 Å². The predicted molar refractivity (Wildman–Crippen MR) is 93.7 cm³/mol. The number of hydrogen-bond acceptors (Lipinski definition) is 1. The highest BCUT2D eigenvalue weighted by Crippen LogP contribution is 2.31. The van der Waals surface area contributed by atoms with Crippen molar-refractivity contribution < 1.29 is 4.79 Å². The van der Waals surface area contributed by atoms with Crippen molar-refractivity contribution in [1.29, 1.82) is 0 Å². The second-order valence-corrected chi connectivity index (χ2v) is 6.30. The Morgan fingerprint density at radius 3 is 2.83 bits per heavy atom. The van der Waals surface area contributed by atoms with Gasteiger partial charge in [0.2, 0.25) is 0 Å². The standard InChI is InChI=1S/C19H25N3O/c1-4-7-18-17-10-6-11-21(17)12-13-22(18)19(23)20-16-9-5-8-14(2)15(16)3/h5-6,8-11,18H,4,7,12-13H2,1-3H3,(H,20,23)/t18-/m0/s1. The molecule has 1 atom stereocenters. The van der Waals surface area contributed by atoms with E-state index in [1.807, 2.05) is 17.0 Å². The number of aryl methyl sites for hydroxylation is 1. The first kappa shape index (κ1) is 15.7. The van der Waals surface area contributed by atoms with Gasteiger partial charge in [-0.25, -0.2) is 4.79 Å². The van der Waals surface area contributed by atoms with E-state index in [1.165, 1.54) is 11.3 Å². The van der Waals surface area contributed by atoms with Crippen LogP contribution in [0.3, 0.4) is 0 Å². The fourth-order valence-corrected chi connectivity index (χ4v) is 3.36. The van der Waals surface area contributed by atoms with Gasteiger partial charge in [0.05, 0.1) is 6.04 Å². The normalized spacial score (nSPS) is 17.0. The molecular formula is C19H25N3O. The molecule has 0 saturated carbocycles. The molecule has 0 spiro atoms. The second kappa shape index (κ2) is 6.49. The summed E-state index contributed by atoms with van der Waals surface area (Å²) in [5, 5.41) is 3.11. The molecule has 23 heavy (non-hydrogen) atoms. The first-order valence-corrected chi connectivity index (χ1v) is 8.40. The van der Waals surface area contributed by atoms with Crippen molar-refractivity contribution in [1.82, 2.24) is 9.47 Å². The minimum atomic E-state index is 0.00426. The minimum Gasteiger partial charge on any atom is -0.348 e. The molecule has 1 aliphatic rings. The summed E-state index contributed by atoms with van der Waals surface area (Å²) in [6.07, 6.45) is 4.16. The third-order valence-electron chi connectivity index (χ3n) is 4.83. The Morgan fingerprint density at radius 1 is 1.22 bits per heavy atom. The Labute approximate surface area is 138 Å². The highest BCUT2D eigenvalue weighted by atomic mass is 16.2. The van der Waals surface area contributed by atoms with E-state index in [9.17, 15) is 4.79 Å². The zero-order valence-corrected chi connectivity index (χ0v) is 14.2. The molecule has 1 aromatic heterocycles. The summed E-state index contributed by atoms with van der Waals surface area (Å²) in [7, 11) is 0. The lowest BCUT2D eigenvalue weighted by atomic mass is 10.0. The topological polar surface area (TPSA) is 37.3 Å².